The summed E-state index contributed by atoms with van der Waals surface area (Å²) in [6.07, 6.45) is 4.71. The minimum absolute atomic E-state index is 0. The summed E-state index contributed by atoms with van der Waals surface area (Å²) in [7, 11) is -1.49. The second kappa shape index (κ2) is 12.0. The predicted molar refractivity (Wildman–Crippen MR) is 146 cm³/mol. The lowest BCUT2D eigenvalue weighted by Gasteiger charge is -2.30. The maximum Gasteiger partial charge on any atom is 0.0855 e. The van der Waals surface area contributed by atoms with Gasteiger partial charge in [0.15, 0.2) is 0 Å². The Morgan fingerprint density at radius 1 is 0.382 bits per heavy atom. The first-order valence-electron chi connectivity index (χ1n) is 12.0. The van der Waals surface area contributed by atoms with E-state index in [4.69, 9.17) is 0 Å². The summed E-state index contributed by atoms with van der Waals surface area (Å²) in [5.41, 5.74) is 11.7. The van der Waals surface area contributed by atoms with Crippen LogP contribution in [0.25, 0.3) is 0 Å². The van der Waals surface area contributed by atoms with Crippen LogP contribution < -0.4 is 17.0 Å². The Morgan fingerprint density at radius 2 is 0.588 bits per heavy atom. The van der Waals surface area contributed by atoms with Gasteiger partial charge in [0.25, 0.3) is 0 Å². The fraction of sp³-hybridized carbons (Fsp3) is 0.250. The van der Waals surface area contributed by atoms with Gasteiger partial charge in [-0.15, -0.1) is 0 Å². The second-order valence-corrected chi connectivity index (χ2v) is 13.6. The molecule has 0 atom stereocenters. The van der Waals surface area contributed by atoms with E-state index in [0.717, 1.165) is 0 Å². The molecule has 0 N–H and O–H groups in total. The molecule has 0 amide bonds. The summed E-state index contributed by atoms with van der Waals surface area (Å²) in [4.78, 5) is 0. The Kier molecular flexibility index (Phi) is 9.29. The van der Waals surface area contributed by atoms with E-state index in [0.29, 0.717) is 0 Å². The first kappa shape index (κ1) is 26.4. The molecule has 4 rings (SSSR count). The molecule has 0 spiro atoms. The van der Waals surface area contributed by atoms with Gasteiger partial charge in [0.2, 0.25) is 0 Å². The van der Waals surface area contributed by atoms with E-state index in [1.165, 1.54) is 69.2 Å². The van der Waals surface area contributed by atoms with Crippen molar-refractivity contribution < 1.29 is 17.0 Å². The maximum atomic E-state index is 2.36. The molecule has 0 saturated carbocycles. The van der Waals surface area contributed by atoms with Crippen LogP contribution in [0.15, 0.2) is 97.1 Å². The van der Waals surface area contributed by atoms with Gasteiger partial charge in [-0.05, 0) is 72.2 Å². The molecule has 2 heteroatoms. The van der Waals surface area contributed by atoms with Gasteiger partial charge in [-0.1, -0.05) is 97.1 Å². The smallest absolute Gasteiger partial charge is 0.0855 e. The predicted octanol–water partition coefficient (Wildman–Crippen LogP) is 6.04. The van der Waals surface area contributed by atoms with Gasteiger partial charge >= 0.3 is 0 Å². The van der Waals surface area contributed by atoms with Gasteiger partial charge in [-0.2, -0.15) is 0 Å². The summed E-state index contributed by atoms with van der Waals surface area (Å²) in [6, 6.07) is 36.1. The molecular formula is C32H36BrP. The van der Waals surface area contributed by atoms with Crippen LogP contribution in [0.2, 0.25) is 0 Å². The SMILES string of the molecule is Cc1ccccc1C[P+](Cc1ccccc1C)(Cc1ccccc1C)Cc1ccccc1C.[Br-]. The lowest BCUT2D eigenvalue weighted by Crippen LogP contribution is -3.00. The van der Waals surface area contributed by atoms with Gasteiger partial charge in [-0.3, -0.25) is 0 Å². The van der Waals surface area contributed by atoms with E-state index >= 15 is 0 Å². The van der Waals surface area contributed by atoms with Crippen molar-refractivity contribution >= 4 is 7.26 Å². The van der Waals surface area contributed by atoms with Crippen LogP contribution >= 0.6 is 7.26 Å². The summed E-state index contributed by atoms with van der Waals surface area (Å²) in [6.45, 7) is 9.11. The van der Waals surface area contributed by atoms with Crippen molar-refractivity contribution in [3.05, 3.63) is 142 Å². The normalized spacial score (nSPS) is 11.2. The van der Waals surface area contributed by atoms with Crippen LogP contribution in [0.3, 0.4) is 0 Å². The van der Waals surface area contributed by atoms with Gasteiger partial charge in [0.05, 0.1) is 24.6 Å². The molecule has 34 heavy (non-hydrogen) atoms. The van der Waals surface area contributed by atoms with Gasteiger partial charge in [0, 0.05) is 7.26 Å². The molecule has 0 radical (unpaired) electrons. The van der Waals surface area contributed by atoms with Crippen molar-refractivity contribution in [3.8, 4) is 0 Å². The Morgan fingerprint density at radius 3 is 0.794 bits per heavy atom. The number of rotatable bonds is 8. The minimum atomic E-state index is -1.49. The molecule has 0 bridgehead atoms. The first-order chi connectivity index (χ1) is 16.0. The molecule has 0 heterocycles. The first-order valence-corrected chi connectivity index (χ1v) is 14.5. The van der Waals surface area contributed by atoms with Crippen LogP contribution in [-0.2, 0) is 24.6 Å². The third-order valence-corrected chi connectivity index (χ3v) is 11.1. The lowest BCUT2D eigenvalue weighted by atomic mass is 10.1. The number of hydrogen-bond acceptors (Lipinski definition) is 0. The van der Waals surface area contributed by atoms with E-state index in [-0.39, 0.29) is 17.0 Å². The molecular weight excluding hydrogens is 495 g/mol. The molecule has 0 fully saturated rings. The molecule has 0 aliphatic carbocycles. The van der Waals surface area contributed by atoms with Gasteiger partial charge in [-0.25, -0.2) is 0 Å². The Hall–Kier alpha value is -2.21. The van der Waals surface area contributed by atoms with Crippen molar-refractivity contribution in [1.82, 2.24) is 0 Å². The van der Waals surface area contributed by atoms with E-state index in [1.807, 2.05) is 0 Å². The largest absolute Gasteiger partial charge is 1.00 e. The van der Waals surface area contributed by atoms with Crippen molar-refractivity contribution in [2.24, 2.45) is 0 Å². The highest BCUT2D eigenvalue weighted by atomic mass is 79.9. The van der Waals surface area contributed by atoms with E-state index in [1.54, 1.807) is 0 Å². The molecule has 176 valence electrons. The summed E-state index contributed by atoms with van der Waals surface area (Å²) in [5.74, 6) is 0. The summed E-state index contributed by atoms with van der Waals surface area (Å²) >= 11 is 0. The third-order valence-electron chi connectivity index (χ3n) is 7.07. The quantitative estimate of drug-likeness (QED) is 0.243. The topological polar surface area (TPSA) is 0 Å². The van der Waals surface area contributed by atoms with Crippen LogP contribution in [-0.4, -0.2) is 0 Å². The molecule has 0 unspecified atom stereocenters. The highest BCUT2D eigenvalue weighted by Gasteiger charge is 2.40. The molecule has 0 saturated heterocycles. The Labute approximate surface area is 217 Å². The molecule has 0 aliphatic heterocycles. The summed E-state index contributed by atoms with van der Waals surface area (Å²) in [5, 5.41) is 0. The fourth-order valence-corrected chi connectivity index (χ4v) is 9.91. The highest BCUT2D eigenvalue weighted by molar-refractivity contribution is 7.72. The van der Waals surface area contributed by atoms with E-state index < -0.39 is 7.26 Å². The zero-order valence-electron chi connectivity index (χ0n) is 20.9. The second-order valence-electron chi connectivity index (χ2n) is 9.68. The standard InChI is InChI=1S/C32H36P.BrH/c1-25-13-5-9-17-29(25)21-33(22-30-18-10-6-14-26(30)2,23-31-19-11-7-15-27(31)3)24-32-20-12-8-16-28(32)4;/h5-20H,21-24H2,1-4H3;1H/q+1;/p-1. The number of halogens is 1. The van der Waals surface area contributed by atoms with Crippen molar-refractivity contribution in [1.29, 1.82) is 0 Å². The van der Waals surface area contributed by atoms with Gasteiger partial charge in [0.1, 0.15) is 0 Å². The van der Waals surface area contributed by atoms with E-state index in [9.17, 15) is 0 Å². The highest BCUT2D eigenvalue weighted by Crippen LogP contribution is 2.69. The Balaban J connectivity index is 0.00000324. The van der Waals surface area contributed by atoms with Crippen LogP contribution in [0.5, 0.6) is 0 Å². The summed E-state index contributed by atoms with van der Waals surface area (Å²) < 4.78 is 0. The zero-order valence-corrected chi connectivity index (χ0v) is 23.4. The Bertz CT molecular complexity index is 1030. The zero-order chi connectivity index (χ0) is 23.3. The monoisotopic (exact) mass is 530 g/mol. The number of benzene rings is 4. The van der Waals surface area contributed by atoms with Crippen molar-refractivity contribution in [2.75, 3.05) is 0 Å². The molecule has 0 nitrogen and oxygen atoms in total. The fourth-order valence-electron chi connectivity index (χ4n) is 4.93. The van der Waals surface area contributed by atoms with Crippen LogP contribution in [0.4, 0.5) is 0 Å². The molecule has 4 aromatic rings. The molecule has 4 aromatic carbocycles. The minimum Gasteiger partial charge on any atom is -1.00 e. The number of hydrogen-bond donors (Lipinski definition) is 0. The average Bonchev–Trinajstić information content (AvgIpc) is 2.80. The average molecular weight is 532 g/mol. The molecule has 0 aliphatic rings. The number of aryl methyl sites for hydroxylation is 4. The molecule has 0 aromatic heterocycles. The van der Waals surface area contributed by atoms with Crippen molar-refractivity contribution in [3.63, 3.8) is 0 Å². The van der Waals surface area contributed by atoms with Crippen LogP contribution in [0.1, 0.15) is 44.5 Å². The lowest BCUT2D eigenvalue weighted by molar-refractivity contribution is -0.00000709. The maximum absolute atomic E-state index is 2.36. The van der Waals surface area contributed by atoms with Gasteiger partial charge < -0.3 is 17.0 Å². The van der Waals surface area contributed by atoms with E-state index in [2.05, 4.69) is 125 Å². The van der Waals surface area contributed by atoms with Crippen molar-refractivity contribution in [2.45, 2.75) is 52.3 Å². The van der Waals surface area contributed by atoms with Crippen LogP contribution in [0, 0.1) is 27.7 Å². The third kappa shape index (κ3) is 6.47.